The smallest absolute Gasteiger partial charge is 0.263 e. The van der Waals surface area contributed by atoms with E-state index in [1.165, 1.54) is 24.0 Å². The molecule has 2 heterocycles. The van der Waals surface area contributed by atoms with Gasteiger partial charge in [-0.25, -0.2) is 8.78 Å². The molecule has 2 atom stereocenters. The Morgan fingerprint density at radius 3 is 2.38 bits per heavy atom. The van der Waals surface area contributed by atoms with Gasteiger partial charge in [0.2, 0.25) is 0 Å². The monoisotopic (exact) mass is 325 g/mol. The Hall–Kier alpha value is -2.00. The van der Waals surface area contributed by atoms with Gasteiger partial charge in [0.15, 0.2) is 0 Å². The van der Waals surface area contributed by atoms with E-state index >= 15 is 0 Å². The van der Waals surface area contributed by atoms with Crippen LogP contribution in [0.1, 0.15) is 42.4 Å². The Morgan fingerprint density at radius 1 is 0.958 bits per heavy atom. The summed E-state index contributed by atoms with van der Waals surface area (Å²) in [6, 6.07) is 18.4. The normalized spacial score (nSPS) is 23.5. The Morgan fingerprint density at radius 2 is 1.71 bits per heavy atom. The van der Waals surface area contributed by atoms with Crippen molar-refractivity contribution in [1.29, 1.82) is 0 Å². The van der Waals surface area contributed by atoms with Gasteiger partial charge in [-0.1, -0.05) is 60.7 Å². The molecular weight excluding hydrogens is 304 g/mol. The summed E-state index contributed by atoms with van der Waals surface area (Å²) in [5, 5.41) is 0. The second-order valence-corrected chi connectivity index (χ2v) is 6.78. The number of fused-ring (bicyclic) bond motifs is 2. The number of halogens is 2. The number of benzene rings is 2. The molecule has 4 rings (SSSR count). The highest BCUT2D eigenvalue weighted by atomic mass is 19.3. The first-order valence-electron chi connectivity index (χ1n) is 8.59. The number of hydrogen-bond acceptors (Lipinski definition) is 1. The third-order valence-corrected chi connectivity index (χ3v) is 5.28. The van der Waals surface area contributed by atoms with Crippen molar-refractivity contribution in [1.82, 2.24) is 4.90 Å². The Bertz CT molecular complexity index is 721. The van der Waals surface area contributed by atoms with Gasteiger partial charge in [0, 0.05) is 24.2 Å². The van der Waals surface area contributed by atoms with Gasteiger partial charge in [-0.05, 0) is 36.0 Å². The lowest BCUT2D eigenvalue weighted by atomic mass is 9.94. The molecular formula is C21H21F2N. The summed E-state index contributed by atoms with van der Waals surface area (Å²) >= 11 is 0. The maximum atomic E-state index is 12.7. The average Bonchev–Trinajstić information content (AvgIpc) is 2.84. The van der Waals surface area contributed by atoms with Crippen LogP contribution >= 0.6 is 0 Å². The van der Waals surface area contributed by atoms with Crippen LogP contribution in [0.15, 0.2) is 60.7 Å². The van der Waals surface area contributed by atoms with Gasteiger partial charge in [-0.3, -0.25) is 4.90 Å². The zero-order valence-electron chi connectivity index (χ0n) is 13.5. The van der Waals surface area contributed by atoms with Crippen molar-refractivity contribution in [2.75, 3.05) is 0 Å². The molecule has 2 aliphatic rings. The van der Waals surface area contributed by atoms with Gasteiger partial charge in [0.1, 0.15) is 0 Å². The molecule has 1 nitrogen and oxygen atoms in total. The summed E-state index contributed by atoms with van der Waals surface area (Å²) in [4.78, 5) is 2.59. The van der Waals surface area contributed by atoms with E-state index in [2.05, 4.69) is 41.3 Å². The Balaban J connectivity index is 1.53. The van der Waals surface area contributed by atoms with Crippen LogP contribution in [0, 0.1) is 0 Å². The molecule has 2 aromatic rings. The fourth-order valence-corrected chi connectivity index (χ4v) is 4.02. The summed E-state index contributed by atoms with van der Waals surface area (Å²) in [5.41, 5.74) is 3.86. The van der Waals surface area contributed by atoms with Gasteiger partial charge in [0.05, 0.1) is 0 Å². The fourth-order valence-electron chi connectivity index (χ4n) is 4.02. The first-order chi connectivity index (χ1) is 11.7. The lowest BCUT2D eigenvalue weighted by Crippen LogP contribution is -2.37. The van der Waals surface area contributed by atoms with Crippen LogP contribution in [0.5, 0.6) is 0 Å². The quantitative estimate of drug-likeness (QED) is 0.723. The van der Waals surface area contributed by atoms with Crippen molar-refractivity contribution in [3.63, 3.8) is 0 Å². The summed E-state index contributed by atoms with van der Waals surface area (Å²) in [5.74, 6) is 0. The van der Waals surface area contributed by atoms with Crippen molar-refractivity contribution < 1.29 is 8.78 Å². The molecule has 3 heteroatoms. The van der Waals surface area contributed by atoms with E-state index in [4.69, 9.17) is 0 Å². The highest BCUT2D eigenvalue weighted by Gasteiger charge is 2.36. The molecule has 0 aliphatic carbocycles. The van der Waals surface area contributed by atoms with E-state index in [0.717, 1.165) is 18.5 Å². The molecule has 2 bridgehead atoms. The van der Waals surface area contributed by atoms with Crippen LogP contribution in [0.2, 0.25) is 0 Å². The first-order valence-corrected chi connectivity index (χ1v) is 8.59. The molecule has 2 aromatic carbocycles. The highest BCUT2D eigenvalue weighted by molar-refractivity contribution is 5.68. The Kier molecular flexibility index (Phi) is 4.19. The molecule has 124 valence electrons. The number of hydrogen-bond donors (Lipinski definition) is 0. The van der Waals surface area contributed by atoms with Crippen molar-refractivity contribution >= 4 is 5.57 Å². The fraction of sp³-hybridized carbons (Fsp3) is 0.333. The SMILES string of the molecule is FC(F)c1ccc(C2=CC3CCC(C2)N3Cc2ccccc2)cc1. The van der Waals surface area contributed by atoms with Gasteiger partial charge < -0.3 is 0 Å². The van der Waals surface area contributed by atoms with E-state index < -0.39 is 6.43 Å². The van der Waals surface area contributed by atoms with E-state index in [1.807, 2.05) is 12.1 Å². The van der Waals surface area contributed by atoms with Gasteiger partial charge in [-0.15, -0.1) is 0 Å². The lowest BCUT2D eigenvalue weighted by molar-refractivity contribution is 0.151. The van der Waals surface area contributed by atoms with Crippen LogP contribution in [0.3, 0.4) is 0 Å². The van der Waals surface area contributed by atoms with E-state index in [1.54, 1.807) is 12.1 Å². The molecule has 0 saturated carbocycles. The second kappa shape index (κ2) is 6.48. The molecule has 24 heavy (non-hydrogen) atoms. The van der Waals surface area contributed by atoms with Gasteiger partial charge in [0.25, 0.3) is 6.43 Å². The van der Waals surface area contributed by atoms with E-state index in [0.29, 0.717) is 12.1 Å². The van der Waals surface area contributed by atoms with Crippen molar-refractivity contribution in [3.05, 3.63) is 77.4 Å². The molecule has 2 aliphatic heterocycles. The summed E-state index contributed by atoms with van der Waals surface area (Å²) in [6.07, 6.45) is 3.38. The van der Waals surface area contributed by atoms with Gasteiger partial charge in [-0.2, -0.15) is 0 Å². The zero-order chi connectivity index (χ0) is 16.5. The minimum absolute atomic E-state index is 0.101. The predicted octanol–water partition coefficient (Wildman–Crippen LogP) is 5.44. The minimum Gasteiger partial charge on any atom is -0.289 e. The van der Waals surface area contributed by atoms with E-state index in [-0.39, 0.29) is 5.56 Å². The molecule has 0 amide bonds. The van der Waals surface area contributed by atoms with Crippen LogP contribution in [0.25, 0.3) is 5.57 Å². The topological polar surface area (TPSA) is 3.24 Å². The standard InChI is InChI=1S/C21H21F2N/c22-21(23)17-8-6-16(7-9-17)18-12-19-10-11-20(13-18)24(19)14-15-4-2-1-3-5-15/h1-9,12,19-21H,10-11,13-14H2. The van der Waals surface area contributed by atoms with Crippen LogP contribution < -0.4 is 0 Å². The molecule has 0 spiro atoms. The van der Waals surface area contributed by atoms with Crippen molar-refractivity contribution in [3.8, 4) is 0 Å². The summed E-state index contributed by atoms with van der Waals surface area (Å²) in [6.45, 7) is 0.990. The lowest BCUT2D eigenvalue weighted by Gasteiger charge is -2.34. The maximum Gasteiger partial charge on any atom is 0.263 e. The number of rotatable bonds is 4. The Labute approximate surface area is 141 Å². The molecule has 0 N–H and O–H groups in total. The second-order valence-electron chi connectivity index (χ2n) is 6.78. The largest absolute Gasteiger partial charge is 0.289 e. The highest BCUT2D eigenvalue weighted by Crippen LogP contribution is 2.39. The first kappa shape index (κ1) is 15.5. The molecule has 2 unspecified atom stereocenters. The molecule has 0 aromatic heterocycles. The van der Waals surface area contributed by atoms with E-state index in [9.17, 15) is 8.78 Å². The molecule has 1 fully saturated rings. The van der Waals surface area contributed by atoms with Crippen molar-refractivity contribution in [2.24, 2.45) is 0 Å². The van der Waals surface area contributed by atoms with Crippen LogP contribution in [-0.2, 0) is 6.54 Å². The van der Waals surface area contributed by atoms with Gasteiger partial charge >= 0.3 is 0 Å². The molecule has 0 radical (unpaired) electrons. The van der Waals surface area contributed by atoms with Crippen LogP contribution in [0.4, 0.5) is 8.78 Å². The average molecular weight is 325 g/mol. The van der Waals surface area contributed by atoms with Crippen molar-refractivity contribution in [2.45, 2.75) is 44.3 Å². The molecule has 1 saturated heterocycles. The zero-order valence-corrected chi connectivity index (χ0v) is 13.5. The maximum absolute atomic E-state index is 12.7. The third-order valence-electron chi connectivity index (χ3n) is 5.28. The number of nitrogens with zero attached hydrogens (tertiary/aromatic N) is 1. The third kappa shape index (κ3) is 3.01. The summed E-state index contributed by atoms with van der Waals surface area (Å²) in [7, 11) is 0. The van der Waals surface area contributed by atoms with Crippen LogP contribution in [-0.4, -0.2) is 17.0 Å². The predicted molar refractivity (Wildman–Crippen MR) is 92.8 cm³/mol. The summed E-state index contributed by atoms with van der Waals surface area (Å²) < 4.78 is 25.4. The number of alkyl halides is 2. The minimum atomic E-state index is -2.39.